The van der Waals surface area contributed by atoms with Gasteiger partial charge in [-0.1, -0.05) is 37.4 Å². The number of rotatable bonds is 6. The zero-order valence-electron chi connectivity index (χ0n) is 19.6. The molecule has 176 valence electrons. The minimum absolute atomic E-state index is 0.120. The summed E-state index contributed by atoms with van der Waals surface area (Å²) in [6.45, 7) is 12.7. The largest absolute Gasteiger partial charge is 0.464 e. The first-order chi connectivity index (χ1) is 15.9. The van der Waals surface area contributed by atoms with Crippen LogP contribution in [0.25, 0.3) is 11.1 Å². The summed E-state index contributed by atoms with van der Waals surface area (Å²) in [7, 11) is 1.16. The molecule has 2 aromatic carbocycles. The van der Waals surface area contributed by atoms with E-state index in [-0.39, 0.29) is 23.8 Å². The van der Waals surface area contributed by atoms with E-state index < -0.39 is 23.4 Å². The summed E-state index contributed by atoms with van der Waals surface area (Å²) in [6.07, 6.45) is 0. The maximum Gasteiger partial charge on any atom is 0.353 e. The van der Waals surface area contributed by atoms with E-state index in [4.69, 9.17) is 4.74 Å². The molecule has 0 saturated heterocycles. The van der Waals surface area contributed by atoms with Crippen molar-refractivity contribution in [2.75, 3.05) is 7.11 Å². The van der Waals surface area contributed by atoms with Crippen LogP contribution in [0.2, 0.25) is 0 Å². The van der Waals surface area contributed by atoms with Gasteiger partial charge in [-0.2, -0.15) is 0 Å². The summed E-state index contributed by atoms with van der Waals surface area (Å²) in [5.74, 6) is -2.34. The number of fused-ring (bicyclic) bond motifs is 1. The smallest absolute Gasteiger partial charge is 0.353 e. The Bertz CT molecular complexity index is 1200. The normalized spacial score (nSPS) is 12.6. The molecule has 0 aromatic heterocycles. The number of carbonyl (C=O) groups is 4. The zero-order valence-corrected chi connectivity index (χ0v) is 19.6. The third-order valence-corrected chi connectivity index (χ3v) is 5.08. The third kappa shape index (κ3) is 5.06. The number of ether oxygens (including phenoxy) is 2. The van der Waals surface area contributed by atoms with Crippen molar-refractivity contribution >= 4 is 23.8 Å². The van der Waals surface area contributed by atoms with Crippen LogP contribution in [-0.4, -0.2) is 41.4 Å². The molecule has 0 aliphatic carbocycles. The fraction of sp³-hybridized carbons (Fsp3) is 0.231. The van der Waals surface area contributed by atoms with Crippen LogP contribution in [0.4, 0.5) is 0 Å². The van der Waals surface area contributed by atoms with Crippen LogP contribution in [0.1, 0.15) is 47.1 Å². The van der Waals surface area contributed by atoms with Crippen molar-refractivity contribution < 1.29 is 28.7 Å². The van der Waals surface area contributed by atoms with Gasteiger partial charge in [0.05, 0.1) is 19.2 Å². The Balaban J connectivity index is 1.82. The van der Waals surface area contributed by atoms with Crippen LogP contribution < -0.4 is 5.32 Å². The van der Waals surface area contributed by atoms with Gasteiger partial charge in [-0.05, 0) is 55.7 Å². The lowest BCUT2D eigenvalue weighted by Gasteiger charge is -2.19. The monoisotopic (exact) mass is 462 g/mol. The molecule has 0 atom stereocenters. The second kappa shape index (κ2) is 9.35. The van der Waals surface area contributed by atoms with E-state index in [2.05, 4.69) is 23.2 Å². The van der Waals surface area contributed by atoms with Gasteiger partial charge in [-0.25, -0.2) is 9.59 Å². The molecule has 34 heavy (non-hydrogen) atoms. The number of benzene rings is 2. The summed E-state index contributed by atoms with van der Waals surface area (Å²) in [6, 6.07) is 12.2. The topological polar surface area (TPSA) is 102 Å². The van der Waals surface area contributed by atoms with Crippen LogP contribution in [0.5, 0.6) is 0 Å². The number of hydrogen-bond donors (Lipinski definition) is 1. The van der Waals surface area contributed by atoms with E-state index >= 15 is 0 Å². The van der Waals surface area contributed by atoms with E-state index in [0.717, 1.165) is 23.8 Å². The van der Waals surface area contributed by atoms with Crippen LogP contribution in [0.3, 0.4) is 0 Å². The number of amides is 2. The molecule has 0 radical (unpaired) electrons. The first kappa shape index (κ1) is 24.4. The fourth-order valence-corrected chi connectivity index (χ4v) is 3.45. The number of carbonyl (C=O) groups excluding carboxylic acids is 4. The molecule has 0 saturated carbocycles. The molecular formula is C26H26N2O6. The van der Waals surface area contributed by atoms with Crippen molar-refractivity contribution in [1.29, 1.82) is 0 Å². The number of methoxy groups -OCH3 is 1. The molecule has 3 rings (SSSR count). The lowest BCUT2D eigenvalue weighted by atomic mass is 9.96. The van der Waals surface area contributed by atoms with E-state index in [1.165, 1.54) is 4.90 Å². The van der Waals surface area contributed by atoms with E-state index in [1.54, 1.807) is 57.2 Å². The quantitative estimate of drug-likeness (QED) is 0.520. The minimum Gasteiger partial charge on any atom is -0.464 e. The van der Waals surface area contributed by atoms with Gasteiger partial charge in [0.2, 0.25) is 0 Å². The van der Waals surface area contributed by atoms with E-state index in [1.807, 2.05) is 6.07 Å². The molecule has 1 heterocycles. The molecule has 0 spiro atoms. The van der Waals surface area contributed by atoms with Gasteiger partial charge in [0.1, 0.15) is 17.0 Å². The highest BCUT2D eigenvalue weighted by atomic mass is 16.6. The maximum absolute atomic E-state index is 13.0. The van der Waals surface area contributed by atoms with Crippen molar-refractivity contribution in [3.05, 3.63) is 83.7 Å². The Labute approximate surface area is 197 Å². The summed E-state index contributed by atoms with van der Waals surface area (Å²) in [5.41, 5.74) is 2.18. The van der Waals surface area contributed by atoms with Gasteiger partial charge in [-0.15, -0.1) is 0 Å². The average molecular weight is 463 g/mol. The molecular weight excluding hydrogens is 436 g/mol. The Morgan fingerprint density at radius 1 is 1.00 bits per heavy atom. The van der Waals surface area contributed by atoms with Gasteiger partial charge in [0, 0.05) is 5.56 Å². The SMILES string of the molecule is C=C(NC(=O)C(=C)N1Cc2c(cccc2-c2ccc(C(=O)OC(C)(C)C)cc2)C1=O)C(=O)OC. The summed E-state index contributed by atoms with van der Waals surface area (Å²) in [5, 5.41) is 2.29. The van der Waals surface area contributed by atoms with Crippen LogP contribution >= 0.6 is 0 Å². The highest BCUT2D eigenvalue weighted by Gasteiger charge is 2.33. The minimum atomic E-state index is -0.797. The fourth-order valence-electron chi connectivity index (χ4n) is 3.45. The lowest BCUT2D eigenvalue weighted by molar-refractivity contribution is -0.137. The average Bonchev–Trinajstić information content (AvgIpc) is 3.13. The first-order valence-corrected chi connectivity index (χ1v) is 10.5. The van der Waals surface area contributed by atoms with Gasteiger partial charge < -0.3 is 14.8 Å². The highest BCUT2D eigenvalue weighted by Crippen LogP contribution is 2.34. The third-order valence-electron chi connectivity index (χ3n) is 5.08. The molecule has 8 nitrogen and oxygen atoms in total. The Morgan fingerprint density at radius 3 is 2.21 bits per heavy atom. The van der Waals surface area contributed by atoms with Gasteiger partial charge in [0.25, 0.3) is 11.8 Å². The van der Waals surface area contributed by atoms with Crippen LogP contribution in [0.15, 0.2) is 67.0 Å². The number of nitrogens with zero attached hydrogens (tertiary/aromatic N) is 1. The highest BCUT2D eigenvalue weighted by molar-refractivity contribution is 6.07. The van der Waals surface area contributed by atoms with E-state index in [9.17, 15) is 19.2 Å². The Hall–Kier alpha value is -4.20. The van der Waals surface area contributed by atoms with Crippen molar-refractivity contribution in [3.8, 4) is 11.1 Å². The summed E-state index contributed by atoms with van der Waals surface area (Å²) >= 11 is 0. The Morgan fingerprint density at radius 2 is 1.62 bits per heavy atom. The summed E-state index contributed by atoms with van der Waals surface area (Å²) in [4.78, 5) is 50.5. The number of nitrogens with one attached hydrogen (secondary N) is 1. The van der Waals surface area contributed by atoms with Crippen LogP contribution in [0, 0.1) is 0 Å². The van der Waals surface area contributed by atoms with Crippen molar-refractivity contribution in [2.45, 2.75) is 32.9 Å². The second-order valence-electron chi connectivity index (χ2n) is 8.67. The Kier molecular flexibility index (Phi) is 6.72. The lowest BCUT2D eigenvalue weighted by Crippen LogP contribution is -2.36. The van der Waals surface area contributed by atoms with Gasteiger partial charge >= 0.3 is 11.9 Å². The molecule has 1 aliphatic rings. The maximum atomic E-state index is 13.0. The molecule has 0 unspecified atom stereocenters. The van der Waals surface area contributed by atoms with E-state index in [0.29, 0.717) is 11.1 Å². The standard InChI is InChI=1S/C26H26N2O6/c1-15(24(31)33-6)27-22(29)16(2)28-14-21-19(8-7-9-20(21)23(28)30)17-10-12-18(13-11-17)25(32)34-26(3,4)5/h7-13H,1-2,14H2,3-6H3,(H,27,29). The second-order valence-corrected chi connectivity index (χ2v) is 8.67. The molecule has 2 aromatic rings. The van der Waals surface area contributed by atoms with Crippen LogP contribution in [-0.2, 0) is 25.6 Å². The molecule has 0 bridgehead atoms. The zero-order chi connectivity index (χ0) is 25.2. The predicted octanol–water partition coefficient (Wildman–Crippen LogP) is 3.58. The molecule has 8 heteroatoms. The van der Waals surface area contributed by atoms with Gasteiger partial charge in [-0.3, -0.25) is 14.5 Å². The number of hydrogen-bond acceptors (Lipinski definition) is 6. The first-order valence-electron chi connectivity index (χ1n) is 10.5. The van der Waals surface area contributed by atoms with Crippen molar-refractivity contribution in [3.63, 3.8) is 0 Å². The number of esters is 2. The van der Waals surface area contributed by atoms with Crippen molar-refractivity contribution in [1.82, 2.24) is 10.2 Å². The molecule has 1 N–H and O–H groups in total. The molecule has 2 amide bonds. The summed E-state index contributed by atoms with van der Waals surface area (Å²) < 4.78 is 9.91. The van der Waals surface area contributed by atoms with Gasteiger partial charge in [0.15, 0.2) is 0 Å². The van der Waals surface area contributed by atoms with Crippen molar-refractivity contribution in [2.24, 2.45) is 0 Å². The molecule has 0 fully saturated rings. The predicted molar refractivity (Wildman–Crippen MR) is 125 cm³/mol. The molecule has 1 aliphatic heterocycles.